The van der Waals surface area contributed by atoms with Crippen LogP contribution in [0.1, 0.15) is 25.0 Å². The lowest BCUT2D eigenvalue weighted by Crippen LogP contribution is -2.49. The summed E-state index contributed by atoms with van der Waals surface area (Å²) in [4.78, 5) is 2.26. The SMILES string of the molecule is Cc1ccc(C(C)(C)N2CCS(=O)(=O)CC2)cc1. The molecule has 1 fully saturated rings. The minimum Gasteiger partial charge on any atom is -0.292 e. The predicted octanol–water partition coefficient (Wildman–Crippen LogP) is 1.96. The smallest absolute Gasteiger partial charge is 0.152 e. The molecule has 0 spiro atoms. The van der Waals surface area contributed by atoms with E-state index in [0.29, 0.717) is 13.1 Å². The molecular weight excluding hydrogens is 246 g/mol. The number of aryl methyl sites for hydroxylation is 1. The molecule has 1 aliphatic rings. The van der Waals surface area contributed by atoms with Crippen molar-refractivity contribution in [2.45, 2.75) is 26.3 Å². The Morgan fingerprint density at radius 3 is 2.06 bits per heavy atom. The summed E-state index contributed by atoms with van der Waals surface area (Å²) < 4.78 is 23.0. The van der Waals surface area contributed by atoms with Crippen LogP contribution in [0.2, 0.25) is 0 Å². The van der Waals surface area contributed by atoms with E-state index < -0.39 is 9.84 Å². The van der Waals surface area contributed by atoms with E-state index in [4.69, 9.17) is 0 Å². The number of hydrogen-bond donors (Lipinski definition) is 0. The number of rotatable bonds is 2. The predicted molar refractivity (Wildman–Crippen MR) is 74.4 cm³/mol. The molecule has 0 aromatic heterocycles. The summed E-state index contributed by atoms with van der Waals surface area (Å²) in [5.41, 5.74) is 2.38. The lowest BCUT2D eigenvalue weighted by atomic mass is 9.91. The van der Waals surface area contributed by atoms with Crippen LogP contribution in [0.15, 0.2) is 24.3 Å². The van der Waals surface area contributed by atoms with E-state index in [1.807, 2.05) is 0 Å². The topological polar surface area (TPSA) is 37.4 Å². The van der Waals surface area contributed by atoms with E-state index in [1.165, 1.54) is 11.1 Å². The van der Waals surface area contributed by atoms with Gasteiger partial charge in [-0.3, -0.25) is 4.90 Å². The van der Waals surface area contributed by atoms with Gasteiger partial charge >= 0.3 is 0 Å². The third kappa shape index (κ3) is 2.75. The van der Waals surface area contributed by atoms with Crippen LogP contribution in [-0.2, 0) is 15.4 Å². The average molecular weight is 267 g/mol. The van der Waals surface area contributed by atoms with Crippen LogP contribution in [-0.4, -0.2) is 37.9 Å². The summed E-state index contributed by atoms with van der Waals surface area (Å²) >= 11 is 0. The van der Waals surface area contributed by atoms with Gasteiger partial charge in [0.1, 0.15) is 0 Å². The van der Waals surface area contributed by atoms with E-state index in [1.54, 1.807) is 0 Å². The Morgan fingerprint density at radius 1 is 1.06 bits per heavy atom. The molecule has 2 rings (SSSR count). The summed E-state index contributed by atoms with van der Waals surface area (Å²) in [5, 5.41) is 0. The van der Waals surface area contributed by atoms with Crippen molar-refractivity contribution < 1.29 is 8.42 Å². The molecule has 1 aromatic carbocycles. The molecule has 18 heavy (non-hydrogen) atoms. The second kappa shape index (κ2) is 4.67. The van der Waals surface area contributed by atoms with E-state index in [9.17, 15) is 8.42 Å². The molecule has 100 valence electrons. The summed E-state index contributed by atoms with van der Waals surface area (Å²) in [6.07, 6.45) is 0. The van der Waals surface area contributed by atoms with Gasteiger partial charge in [0.15, 0.2) is 9.84 Å². The second-order valence-corrected chi connectivity index (χ2v) is 7.87. The number of hydrogen-bond acceptors (Lipinski definition) is 3. The van der Waals surface area contributed by atoms with Gasteiger partial charge in [0.2, 0.25) is 0 Å². The van der Waals surface area contributed by atoms with Gasteiger partial charge < -0.3 is 0 Å². The maximum atomic E-state index is 11.5. The summed E-state index contributed by atoms with van der Waals surface area (Å²) in [6.45, 7) is 7.65. The fourth-order valence-electron chi connectivity index (χ4n) is 2.42. The van der Waals surface area contributed by atoms with Crippen LogP contribution in [0.25, 0.3) is 0 Å². The molecule has 1 heterocycles. The van der Waals surface area contributed by atoms with Crippen LogP contribution in [0.3, 0.4) is 0 Å². The molecule has 0 atom stereocenters. The Kier molecular flexibility index (Phi) is 3.52. The van der Waals surface area contributed by atoms with Crippen LogP contribution < -0.4 is 0 Å². The third-order valence-corrected chi connectivity index (χ3v) is 5.50. The van der Waals surface area contributed by atoms with Crippen molar-refractivity contribution in [1.29, 1.82) is 0 Å². The van der Waals surface area contributed by atoms with Crippen molar-refractivity contribution >= 4 is 9.84 Å². The molecule has 0 saturated carbocycles. The van der Waals surface area contributed by atoms with Gasteiger partial charge in [-0.25, -0.2) is 8.42 Å². The Bertz CT molecular complexity index is 503. The monoisotopic (exact) mass is 267 g/mol. The molecular formula is C14H21NO2S. The summed E-state index contributed by atoms with van der Waals surface area (Å²) in [5.74, 6) is 0.560. The van der Waals surface area contributed by atoms with Gasteiger partial charge in [0.05, 0.1) is 11.5 Å². The molecule has 3 nitrogen and oxygen atoms in total. The van der Waals surface area contributed by atoms with Gasteiger partial charge in [-0.15, -0.1) is 0 Å². The highest BCUT2D eigenvalue weighted by atomic mass is 32.2. The maximum Gasteiger partial charge on any atom is 0.152 e. The van der Waals surface area contributed by atoms with Crippen molar-refractivity contribution in [2.75, 3.05) is 24.6 Å². The van der Waals surface area contributed by atoms with Gasteiger partial charge in [0.25, 0.3) is 0 Å². The normalized spacial score (nSPS) is 20.8. The van der Waals surface area contributed by atoms with Crippen molar-refractivity contribution in [3.63, 3.8) is 0 Å². The van der Waals surface area contributed by atoms with Gasteiger partial charge in [-0.2, -0.15) is 0 Å². The minimum absolute atomic E-state index is 0.108. The lowest BCUT2D eigenvalue weighted by Gasteiger charge is -2.41. The first-order valence-electron chi connectivity index (χ1n) is 6.34. The minimum atomic E-state index is -2.81. The largest absolute Gasteiger partial charge is 0.292 e. The van der Waals surface area contributed by atoms with Gasteiger partial charge in [-0.05, 0) is 26.3 Å². The van der Waals surface area contributed by atoms with Crippen LogP contribution in [0.4, 0.5) is 0 Å². The quantitative estimate of drug-likeness (QED) is 0.822. The molecule has 4 heteroatoms. The van der Waals surface area contributed by atoms with E-state index in [0.717, 1.165) is 0 Å². The lowest BCUT2D eigenvalue weighted by molar-refractivity contribution is 0.132. The maximum absolute atomic E-state index is 11.5. The van der Waals surface area contributed by atoms with Crippen LogP contribution >= 0.6 is 0 Å². The molecule has 0 unspecified atom stereocenters. The standard InChI is InChI=1S/C14H21NO2S/c1-12-4-6-13(7-5-12)14(2,3)15-8-10-18(16,17)11-9-15/h4-7H,8-11H2,1-3H3. The molecule has 0 amide bonds. The first kappa shape index (κ1) is 13.6. The Labute approximate surface area is 110 Å². The van der Waals surface area contributed by atoms with Crippen molar-refractivity contribution in [1.82, 2.24) is 4.90 Å². The Morgan fingerprint density at radius 2 is 1.56 bits per heavy atom. The van der Waals surface area contributed by atoms with Crippen molar-refractivity contribution in [3.8, 4) is 0 Å². The number of sulfone groups is 1. The van der Waals surface area contributed by atoms with E-state index >= 15 is 0 Å². The van der Waals surface area contributed by atoms with Crippen molar-refractivity contribution in [2.24, 2.45) is 0 Å². The molecule has 0 aliphatic carbocycles. The second-order valence-electron chi connectivity index (χ2n) is 5.56. The summed E-state index contributed by atoms with van der Waals surface area (Å²) in [7, 11) is -2.81. The highest BCUT2D eigenvalue weighted by molar-refractivity contribution is 7.91. The molecule has 1 aromatic rings. The Hall–Kier alpha value is -0.870. The zero-order valence-electron chi connectivity index (χ0n) is 11.3. The van der Waals surface area contributed by atoms with Gasteiger partial charge in [0, 0.05) is 18.6 Å². The van der Waals surface area contributed by atoms with Gasteiger partial charge in [-0.1, -0.05) is 29.8 Å². The molecule has 0 N–H and O–H groups in total. The number of benzene rings is 1. The fourth-order valence-corrected chi connectivity index (χ4v) is 3.62. The first-order chi connectivity index (χ1) is 8.31. The van der Waals surface area contributed by atoms with E-state index in [-0.39, 0.29) is 17.0 Å². The molecule has 0 bridgehead atoms. The molecule has 1 aliphatic heterocycles. The number of nitrogens with zero attached hydrogens (tertiary/aromatic N) is 1. The molecule has 0 radical (unpaired) electrons. The zero-order chi connectivity index (χ0) is 13.4. The van der Waals surface area contributed by atoms with Crippen LogP contribution in [0, 0.1) is 6.92 Å². The van der Waals surface area contributed by atoms with Crippen molar-refractivity contribution in [3.05, 3.63) is 35.4 Å². The fraction of sp³-hybridized carbons (Fsp3) is 0.571. The zero-order valence-corrected chi connectivity index (χ0v) is 12.1. The highest BCUT2D eigenvalue weighted by Gasteiger charge is 2.33. The Balaban J connectivity index is 2.19. The third-order valence-electron chi connectivity index (χ3n) is 3.89. The molecule has 1 saturated heterocycles. The first-order valence-corrected chi connectivity index (χ1v) is 8.16. The highest BCUT2D eigenvalue weighted by Crippen LogP contribution is 2.29. The van der Waals surface area contributed by atoms with Crippen LogP contribution in [0.5, 0.6) is 0 Å². The average Bonchev–Trinajstić information content (AvgIpc) is 2.29. The summed E-state index contributed by atoms with van der Waals surface area (Å²) in [6, 6.07) is 8.49. The van der Waals surface area contributed by atoms with E-state index in [2.05, 4.69) is 49.9 Å².